The van der Waals surface area contributed by atoms with Gasteiger partial charge in [-0.15, -0.1) is 0 Å². The molecule has 3 nitrogen and oxygen atoms in total. The fourth-order valence-corrected chi connectivity index (χ4v) is 1.74. The summed E-state index contributed by atoms with van der Waals surface area (Å²) in [5.74, 6) is 0.530. The average molecular weight is 185 g/mol. The van der Waals surface area contributed by atoms with Crippen LogP contribution in [0, 0.1) is 5.92 Å². The van der Waals surface area contributed by atoms with Crippen molar-refractivity contribution < 1.29 is 9.53 Å². The number of hydrogen-bond acceptors (Lipinski definition) is 2. The number of nitrogens with zero attached hydrogens (tertiary/aromatic N) is 1. The van der Waals surface area contributed by atoms with Gasteiger partial charge in [0.05, 0.1) is 0 Å². The molecule has 13 heavy (non-hydrogen) atoms. The third-order valence-electron chi connectivity index (χ3n) is 2.65. The molecule has 0 spiro atoms. The van der Waals surface area contributed by atoms with E-state index in [-0.39, 0.29) is 5.92 Å². The van der Waals surface area contributed by atoms with Gasteiger partial charge in [-0.3, -0.25) is 4.79 Å². The SMILES string of the molecule is CCN(CC)C(=O)C1CCOCC1. The first-order chi connectivity index (χ1) is 6.29. The summed E-state index contributed by atoms with van der Waals surface area (Å²) in [5.41, 5.74) is 0. The lowest BCUT2D eigenvalue weighted by Crippen LogP contribution is -2.38. The smallest absolute Gasteiger partial charge is 0.225 e. The minimum Gasteiger partial charge on any atom is -0.381 e. The van der Waals surface area contributed by atoms with E-state index in [0.29, 0.717) is 5.91 Å². The summed E-state index contributed by atoms with van der Waals surface area (Å²) in [6.45, 7) is 7.20. The summed E-state index contributed by atoms with van der Waals surface area (Å²) >= 11 is 0. The van der Waals surface area contributed by atoms with E-state index in [1.165, 1.54) is 0 Å². The van der Waals surface area contributed by atoms with Crippen LogP contribution in [0.15, 0.2) is 0 Å². The minimum absolute atomic E-state index is 0.216. The highest BCUT2D eigenvalue weighted by Gasteiger charge is 2.24. The van der Waals surface area contributed by atoms with Gasteiger partial charge in [-0.1, -0.05) is 0 Å². The van der Waals surface area contributed by atoms with Crippen molar-refractivity contribution in [1.29, 1.82) is 0 Å². The van der Waals surface area contributed by atoms with Crippen LogP contribution in [0.25, 0.3) is 0 Å². The van der Waals surface area contributed by atoms with E-state index in [1.54, 1.807) is 0 Å². The first kappa shape index (κ1) is 10.5. The van der Waals surface area contributed by atoms with Gasteiger partial charge in [0.1, 0.15) is 0 Å². The van der Waals surface area contributed by atoms with Crippen LogP contribution >= 0.6 is 0 Å². The zero-order chi connectivity index (χ0) is 9.68. The topological polar surface area (TPSA) is 29.5 Å². The molecule has 0 N–H and O–H groups in total. The highest BCUT2D eigenvalue weighted by Crippen LogP contribution is 2.17. The number of carbonyl (C=O) groups excluding carboxylic acids is 1. The van der Waals surface area contributed by atoms with Crippen molar-refractivity contribution in [2.75, 3.05) is 26.3 Å². The molecule has 0 aliphatic carbocycles. The fraction of sp³-hybridized carbons (Fsp3) is 0.900. The molecule has 0 unspecified atom stereocenters. The Kier molecular flexibility index (Phi) is 4.22. The second kappa shape index (κ2) is 5.22. The van der Waals surface area contributed by atoms with E-state index in [4.69, 9.17) is 4.74 Å². The maximum Gasteiger partial charge on any atom is 0.225 e. The molecule has 0 aromatic heterocycles. The second-order valence-corrected chi connectivity index (χ2v) is 3.40. The summed E-state index contributed by atoms with van der Waals surface area (Å²) < 4.78 is 5.23. The maximum atomic E-state index is 11.8. The minimum atomic E-state index is 0.216. The molecular formula is C10H19NO2. The monoisotopic (exact) mass is 185 g/mol. The Morgan fingerprint density at radius 1 is 1.31 bits per heavy atom. The number of amides is 1. The van der Waals surface area contributed by atoms with Crippen molar-refractivity contribution in [3.63, 3.8) is 0 Å². The first-order valence-electron chi connectivity index (χ1n) is 5.16. The molecule has 0 radical (unpaired) electrons. The zero-order valence-electron chi connectivity index (χ0n) is 8.58. The Balaban J connectivity index is 2.44. The lowest BCUT2D eigenvalue weighted by molar-refractivity contribution is -0.138. The fourth-order valence-electron chi connectivity index (χ4n) is 1.74. The predicted molar refractivity (Wildman–Crippen MR) is 51.5 cm³/mol. The molecule has 1 rings (SSSR count). The van der Waals surface area contributed by atoms with Crippen LogP contribution in [0.1, 0.15) is 26.7 Å². The quantitative estimate of drug-likeness (QED) is 0.663. The van der Waals surface area contributed by atoms with Crippen LogP contribution < -0.4 is 0 Å². The zero-order valence-corrected chi connectivity index (χ0v) is 8.58. The summed E-state index contributed by atoms with van der Waals surface area (Å²) in [5, 5.41) is 0. The molecule has 0 aromatic carbocycles. The van der Waals surface area contributed by atoms with Gasteiger partial charge in [-0.25, -0.2) is 0 Å². The summed E-state index contributed by atoms with van der Waals surface area (Å²) in [4.78, 5) is 13.7. The highest BCUT2D eigenvalue weighted by molar-refractivity contribution is 5.78. The van der Waals surface area contributed by atoms with Crippen LogP contribution in [0.3, 0.4) is 0 Å². The van der Waals surface area contributed by atoms with Crippen LogP contribution in [-0.4, -0.2) is 37.1 Å². The standard InChI is InChI=1S/C10H19NO2/c1-3-11(4-2)10(12)9-5-7-13-8-6-9/h9H,3-8H2,1-2H3. The van der Waals surface area contributed by atoms with Crippen molar-refractivity contribution in [3.05, 3.63) is 0 Å². The maximum absolute atomic E-state index is 11.8. The Labute approximate surface area is 80.1 Å². The number of carbonyl (C=O) groups is 1. The Morgan fingerprint density at radius 2 is 1.85 bits per heavy atom. The van der Waals surface area contributed by atoms with E-state index in [1.807, 2.05) is 18.7 Å². The van der Waals surface area contributed by atoms with Gasteiger partial charge in [0.25, 0.3) is 0 Å². The molecule has 0 atom stereocenters. The van der Waals surface area contributed by atoms with E-state index in [0.717, 1.165) is 39.1 Å². The van der Waals surface area contributed by atoms with Gasteiger partial charge in [-0.2, -0.15) is 0 Å². The van der Waals surface area contributed by atoms with E-state index in [2.05, 4.69) is 0 Å². The molecule has 76 valence electrons. The van der Waals surface area contributed by atoms with Crippen LogP contribution in [-0.2, 0) is 9.53 Å². The molecule has 1 heterocycles. The van der Waals surface area contributed by atoms with E-state index < -0.39 is 0 Å². The molecule has 0 aromatic rings. The summed E-state index contributed by atoms with van der Waals surface area (Å²) in [7, 11) is 0. The number of ether oxygens (including phenoxy) is 1. The van der Waals surface area contributed by atoms with Gasteiger partial charge in [-0.05, 0) is 26.7 Å². The van der Waals surface area contributed by atoms with Crippen molar-refractivity contribution in [1.82, 2.24) is 4.90 Å². The van der Waals surface area contributed by atoms with Crippen molar-refractivity contribution >= 4 is 5.91 Å². The van der Waals surface area contributed by atoms with Crippen LogP contribution in [0.2, 0.25) is 0 Å². The third-order valence-corrected chi connectivity index (χ3v) is 2.65. The molecule has 1 amide bonds. The third kappa shape index (κ3) is 2.69. The number of rotatable bonds is 3. The molecule has 1 saturated heterocycles. The molecule has 0 bridgehead atoms. The van der Waals surface area contributed by atoms with Gasteiger partial charge >= 0.3 is 0 Å². The highest BCUT2D eigenvalue weighted by atomic mass is 16.5. The molecule has 3 heteroatoms. The van der Waals surface area contributed by atoms with Crippen molar-refractivity contribution in [3.8, 4) is 0 Å². The molecule has 1 aliphatic heterocycles. The first-order valence-corrected chi connectivity index (χ1v) is 5.16. The lowest BCUT2D eigenvalue weighted by atomic mass is 9.99. The average Bonchev–Trinajstić information content (AvgIpc) is 2.21. The predicted octanol–water partition coefficient (Wildman–Crippen LogP) is 1.28. The van der Waals surface area contributed by atoms with E-state index in [9.17, 15) is 4.79 Å². The molecule has 1 aliphatic rings. The lowest BCUT2D eigenvalue weighted by Gasteiger charge is -2.27. The van der Waals surface area contributed by atoms with Crippen molar-refractivity contribution in [2.45, 2.75) is 26.7 Å². The van der Waals surface area contributed by atoms with Gasteiger partial charge in [0.2, 0.25) is 5.91 Å². The molecule has 1 fully saturated rings. The summed E-state index contributed by atoms with van der Waals surface area (Å²) in [6, 6.07) is 0. The van der Waals surface area contributed by atoms with E-state index >= 15 is 0 Å². The normalized spacial score (nSPS) is 18.6. The van der Waals surface area contributed by atoms with Crippen LogP contribution in [0.5, 0.6) is 0 Å². The van der Waals surface area contributed by atoms with Gasteiger partial charge in [0, 0.05) is 32.2 Å². The van der Waals surface area contributed by atoms with Crippen LogP contribution in [0.4, 0.5) is 0 Å². The van der Waals surface area contributed by atoms with Gasteiger partial charge < -0.3 is 9.64 Å². The Bertz CT molecular complexity index is 160. The van der Waals surface area contributed by atoms with Crippen molar-refractivity contribution in [2.24, 2.45) is 5.92 Å². The largest absolute Gasteiger partial charge is 0.381 e. The molecule has 0 saturated carbocycles. The summed E-state index contributed by atoms with van der Waals surface area (Å²) in [6.07, 6.45) is 1.80. The Morgan fingerprint density at radius 3 is 2.31 bits per heavy atom. The molecular weight excluding hydrogens is 166 g/mol. The van der Waals surface area contributed by atoms with Gasteiger partial charge in [0.15, 0.2) is 0 Å². The second-order valence-electron chi connectivity index (χ2n) is 3.40. The Hall–Kier alpha value is -0.570. The number of hydrogen-bond donors (Lipinski definition) is 0.